The number of carbonyl (C=O) groups excluding carboxylic acids is 11. The van der Waals surface area contributed by atoms with Crippen LogP contribution in [-0.2, 0) is 57.2 Å². The Balaban J connectivity index is 4.58. The maximum atomic E-state index is 15.7. The molecule has 0 unspecified atom stereocenters. The van der Waals surface area contributed by atoms with Crippen LogP contribution < -0.4 is 21.3 Å². The Hall–Kier alpha value is -5.91. The van der Waals surface area contributed by atoms with Gasteiger partial charge in [-0.2, -0.15) is 0 Å². The van der Waals surface area contributed by atoms with E-state index in [-0.39, 0.29) is 60.8 Å². The van der Waals surface area contributed by atoms with Crippen molar-refractivity contribution in [1.29, 1.82) is 0 Å². The quantitative estimate of drug-likeness (QED) is 0.0924. The van der Waals surface area contributed by atoms with Crippen LogP contribution in [-0.4, -0.2) is 229 Å². The molecule has 0 aromatic heterocycles. The van der Waals surface area contributed by atoms with Gasteiger partial charge < -0.3 is 60.0 Å². The molecular weight excluding hydrogens is 1190 g/mol. The lowest BCUT2D eigenvalue weighted by Crippen LogP contribution is -2.65. The predicted molar refractivity (Wildman–Crippen MR) is 364 cm³/mol. The van der Waals surface area contributed by atoms with E-state index in [9.17, 15) is 33.6 Å². The van der Waals surface area contributed by atoms with Crippen LogP contribution >= 0.6 is 0 Å². The molecule has 0 radical (unpaired) electrons. The number of rotatable bonds is 17. The molecule has 11 amide bonds. The van der Waals surface area contributed by atoms with Gasteiger partial charge in [0.15, 0.2) is 8.32 Å². The first kappa shape index (κ1) is 84.1. The van der Waals surface area contributed by atoms with Crippen molar-refractivity contribution < 1.29 is 57.2 Å². The molecule has 1 saturated heterocycles. The van der Waals surface area contributed by atoms with Gasteiger partial charge in [0, 0.05) is 49.3 Å². The number of nitrogens with one attached hydrogen (secondary N) is 4. The summed E-state index contributed by atoms with van der Waals surface area (Å²) in [4.78, 5) is 173. The van der Waals surface area contributed by atoms with Gasteiger partial charge in [-0.3, -0.25) is 52.7 Å². The fourth-order valence-electron chi connectivity index (χ4n) is 11.5. The summed E-state index contributed by atoms with van der Waals surface area (Å²) < 4.78 is 7.22. The lowest BCUT2D eigenvalue weighted by molar-refractivity contribution is -0.157. The zero-order valence-corrected chi connectivity index (χ0v) is 63.0. The molecule has 1 aliphatic rings. The smallest absolute Gasteiger partial charge is 0.246 e. The second-order valence-corrected chi connectivity index (χ2v) is 34.8. The minimum Gasteiger partial charge on any atom is -0.411 e. The predicted octanol–water partition coefficient (Wildman–Crippen LogP) is 6.30. The molecule has 1 heterocycles. The second kappa shape index (κ2) is 36.1. The van der Waals surface area contributed by atoms with Gasteiger partial charge in [0.1, 0.15) is 66.5 Å². The van der Waals surface area contributed by atoms with Gasteiger partial charge in [0.05, 0.1) is 6.10 Å². The van der Waals surface area contributed by atoms with E-state index in [1.807, 2.05) is 75.4 Å². The molecule has 1 aliphatic heterocycles. The first-order valence-electron chi connectivity index (χ1n) is 33.4. The summed E-state index contributed by atoms with van der Waals surface area (Å²) in [5.41, 5.74) is 0. The van der Waals surface area contributed by atoms with Crippen LogP contribution in [0.4, 0.5) is 0 Å². The van der Waals surface area contributed by atoms with Crippen molar-refractivity contribution in [3.63, 3.8) is 0 Å². The van der Waals surface area contributed by atoms with Gasteiger partial charge in [0.25, 0.3) is 0 Å². The maximum absolute atomic E-state index is 15.7. The molecule has 4 N–H and O–H groups in total. The highest BCUT2D eigenvalue weighted by Gasteiger charge is 2.49. The van der Waals surface area contributed by atoms with Crippen molar-refractivity contribution >= 4 is 73.3 Å². The molecule has 1 fully saturated rings. The van der Waals surface area contributed by atoms with Crippen molar-refractivity contribution in [2.24, 2.45) is 41.4 Å². The van der Waals surface area contributed by atoms with Crippen molar-refractivity contribution in [1.82, 2.24) is 55.6 Å². The Morgan fingerprint density at radius 3 is 1.26 bits per heavy atom. The molecule has 1 rings (SSSR count). The molecule has 0 spiro atoms. The van der Waals surface area contributed by atoms with Gasteiger partial charge in [-0.1, -0.05) is 124 Å². The van der Waals surface area contributed by atoms with Crippen LogP contribution in [0.5, 0.6) is 0 Å². The topological polar surface area (TPSA) is 268 Å². The molecule has 0 aliphatic carbocycles. The number of hydrogen-bond acceptors (Lipinski definition) is 12. The van der Waals surface area contributed by atoms with Crippen LogP contribution in [0.3, 0.4) is 0 Å². The summed E-state index contributed by atoms with van der Waals surface area (Å²) in [6, 6.07) is -13.3. The third-order valence-electron chi connectivity index (χ3n) is 18.6. The zero-order chi connectivity index (χ0) is 71.8. The van der Waals surface area contributed by atoms with Gasteiger partial charge in [-0.25, -0.2) is 0 Å². The van der Waals surface area contributed by atoms with Crippen molar-refractivity contribution in [3.05, 3.63) is 12.7 Å². The average molecular weight is 1320 g/mol. The molecule has 23 nitrogen and oxygen atoms in total. The number of carbonyl (C=O) groups is 11. The van der Waals surface area contributed by atoms with Crippen LogP contribution in [0.2, 0.25) is 18.1 Å². The highest BCUT2D eigenvalue weighted by atomic mass is 28.4. The lowest BCUT2D eigenvalue weighted by Gasteiger charge is -2.46. The van der Waals surface area contributed by atoms with E-state index in [1.54, 1.807) is 40.7 Å². The Bertz CT molecular complexity index is 2550. The van der Waals surface area contributed by atoms with Crippen LogP contribution in [0.1, 0.15) is 177 Å². The Kier molecular flexibility index (Phi) is 33.0. The van der Waals surface area contributed by atoms with Gasteiger partial charge in [-0.15, -0.1) is 6.58 Å². The van der Waals surface area contributed by atoms with Gasteiger partial charge >= 0.3 is 0 Å². The zero-order valence-electron chi connectivity index (χ0n) is 62.0. The SMILES string of the molecule is C=CC[C@@H](C)[C@@H](O[Si](C)(C)C(C)(C)C)[C@@H]1C(=O)N[C@H](CC)C(=O)N(C)[C@H](C)C(=O)N(C)[C@@H](CC(C)C)C(=O)N[C@H](C(C)C)C(=O)N(C)[C@H](CC(C)C)C(=O)N[C@H](C)C(=O)N[C@@H](C)C(=O)N(C)[C@H](CC(C)C)C(=O)N(C)[C@H](CC(C)C)C(=O)N(C)[C@H](C(C)C)C(=O)N1C. The summed E-state index contributed by atoms with van der Waals surface area (Å²) in [6.45, 7) is 44.4. The van der Waals surface area contributed by atoms with E-state index in [4.69, 9.17) is 4.43 Å². The molecule has 0 aromatic rings. The normalized spacial score (nSPS) is 26.8. The fraction of sp³-hybridized carbons (Fsp3) is 0.809. The Labute approximate surface area is 554 Å². The monoisotopic (exact) mass is 1320 g/mol. The highest BCUT2D eigenvalue weighted by molar-refractivity contribution is 6.74. The number of nitrogens with zero attached hydrogens (tertiary/aromatic N) is 7. The minimum absolute atomic E-state index is 0.0491. The van der Waals surface area contributed by atoms with Gasteiger partial charge in [0.2, 0.25) is 65.0 Å². The third kappa shape index (κ3) is 22.4. The molecular formula is C68H125N11O12Si. The molecule has 24 heteroatoms. The van der Waals surface area contributed by atoms with E-state index in [2.05, 4.69) is 48.6 Å². The highest BCUT2D eigenvalue weighted by Crippen LogP contribution is 2.40. The molecule has 0 aromatic carbocycles. The van der Waals surface area contributed by atoms with Crippen molar-refractivity contribution in [3.8, 4) is 0 Å². The molecule has 0 bridgehead atoms. The Morgan fingerprint density at radius 1 is 0.457 bits per heavy atom. The number of likely N-dealkylation sites (N-methyl/N-ethyl adjacent to an activating group) is 7. The Morgan fingerprint density at radius 2 is 0.848 bits per heavy atom. The van der Waals surface area contributed by atoms with E-state index in [1.165, 1.54) is 104 Å². The van der Waals surface area contributed by atoms with Crippen molar-refractivity contribution in [2.45, 2.75) is 268 Å². The molecule has 92 heavy (non-hydrogen) atoms. The van der Waals surface area contributed by atoms with Crippen LogP contribution in [0.15, 0.2) is 12.7 Å². The number of hydrogen-bond donors (Lipinski definition) is 4. The number of amides is 11. The summed E-state index contributed by atoms with van der Waals surface area (Å²) >= 11 is 0. The second-order valence-electron chi connectivity index (χ2n) is 30.0. The average Bonchev–Trinajstić information content (AvgIpc) is 0.812. The lowest BCUT2D eigenvalue weighted by atomic mass is 9.91. The van der Waals surface area contributed by atoms with E-state index in [0.29, 0.717) is 6.42 Å². The van der Waals surface area contributed by atoms with Crippen LogP contribution in [0.25, 0.3) is 0 Å². The standard InChI is InChI=1S/C68H125N11O12Si/c1-31-33-44(15)56(91-92(29,30)68(19,20)21)55-60(83)71-48(32-2)63(86)73(22)47(18)62(85)74(23)50(35-39(5)6)59(82)72-53(42(11)12)66(89)75(24)49(34-38(3)4)58(81)69-45(16)57(80)70-46(17)61(84)76(25)51(36-40(7)8)64(87)77(26)52(37-41(9)10)65(88)78(27)54(43(13)14)67(90)79(55)28/h31,38-56H,1,32-37H2,2-30H3,(H,69,81)(H,70,80)(H,71,83)(H,72,82)/t44-,45-,46+,47-,48-,49-,50+,51-,52-,53-,54-,55-,56-/m1/s1. The van der Waals surface area contributed by atoms with Gasteiger partial charge in [-0.05, 0) is 119 Å². The summed E-state index contributed by atoms with van der Waals surface area (Å²) in [6.07, 6.45) is 1.77. The minimum atomic E-state index is -2.81. The van der Waals surface area contributed by atoms with Crippen molar-refractivity contribution in [2.75, 3.05) is 49.3 Å². The van der Waals surface area contributed by atoms with E-state index >= 15 is 19.2 Å². The van der Waals surface area contributed by atoms with E-state index < -0.39 is 164 Å². The molecule has 13 atom stereocenters. The number of allylic oxidation sites excluding steroid dienone is 1. The largest absolute Gasteiger partial charge is 0.411 e. The molecule has 528 valence electrons. The van der Waals surface area contributed by atoms with E-state index in [0.717, 1.165) is 0 Å². The molecule has 0 saturated carbocycles. The summed E-state index contributed by atoms with van der Waals surface area (Å²) in [5, 5.41) is 10.9. The summed E-state index contributed by atoms with van der Waals surface area (Å²) in [7, 11) is 7.45. The first-order valence-corrected chi connectivity index (χ1v) is 36.4. The van der Waals surface area contributed by atoms with Crippen LogP contribution in [0, 0.1) is 41.4 Å². The third-order valence-corrected chi connectivity index (χ3v) is 23.0. The fourth-order valence-corrected chi connectivity index (χ4v) is 12.9. The maximum Gasteiger partial charge on any atom is 0.246 e. The summed E-state index contributed by atoms with van der Waals surface area (Å²) in [5.74, 6) is -9.13. The first-order chi connectivity index (χ1) is 42.1.